The van der Waals surface area contributed by atoms with Gasteiger partial charge in [-0.1, -0.05) is 12.2 Å². The summed E-state index contributed by atoms with van der Waals surface area (Å²) in [4.78, 5) is 0. The van der Waals surface area contributed by atoms with Crippen molar-refractivity contribution in [1.29, 1.82) is 0 Å². The number of rotatable bonds is 2. The molecule has 1 nitrogen and oxygen atoms in total. The minimum atomic E-state index is 0.511. The summed E-state index contributed by atoms with van der Waals surface area (Å²) in [5.41, 5.74) is 0. The summed E-state index contributed by atoms with van der Waals surface area (Å²) in [6.07, 6.45) is 7.72. The first-order valence-corrected chi connectivity index (χ1v) is 3.88. The van der Waals surface area contributed by atoms with E-state index in [4.69, 9.17) is 0 Å². The number of nitrogens with one attached hydrogen (secondary N) is 1. The topological polar surface area (TPSA) is 12.0 Å². The third-order valence-electron chi connectivity index (χ3n) is 2.03. The second kappa shape index (κ2) is 3.57. The summed E-state index contributed by atoms with van der Waals surface area (Å²) in [5, 5.41) is 3.42. The highest BCUT2D eigenvalue weighted by atomic mass is 14.9. The molecule has 0 saturated carbocycles. The molecule has 0 aromatic heterocycles. The largest absolute Gasteiger partial charge is 0.304 e. The maximum Gasteiger partial charge on any atom is 0.0252 e. The summed E-state index contributed by atoms with van der Waals surface area (Å²) < 4.78 is 0. The van der Waals surface area contributed by atoms with Crippen LogP contribution in [0.4, 0.5) is 0 Å². The molecule has 0 amide bonds. The molecule has 0 spiro atoms. The van der Waals surface area contributed by atoms with Gasteiger partial charge in [-0.05, 0) is 19.3 Å². The van der Waals surface area contributed by atoms with E-state index in [9.17, 15) is 0 Å². The number of hydrogen-bond acceptors (Lipinski definition) is 1. The van der Waals surface area contributed by atoms with Gasteiger partial charge in [0.1, 0.15) is 0 Å². The lowest BCUT2D eigenvalue weighted by Crippen LogP contribution is -2.39. The average Bonchev–Trinajstić information content (AvgIpc) is 2.05. The van der Waals surface area contributed by atoms with Crippen LogP contribution in [0.1, 0.15) is 19.3 Å². The average molecular weight is 137 g/mol. The highest BCUT2D eigenvalue weighted by Gasteiger charge is 2.14. The Labute approximate surface area is 62.8 Å². The molecular weight excluding hydrogens is 122 g/mol. The van der Waals surface area contributed by atoms with Crippen LogP contribution in [0.5, 0.6) is 0 Å². The number of piperidine rings is 1. The lowest BCUT2D eigenvalue weighted by molar-refractivity contribution is 0.400. The Morgan fingerprint density at radius 3 is 2.00 bits per heavy atom. The smallest absolute Gasteiger partial charge is 0.0252 e. The van der Waals surface area contributed by atoms with E-state index in [-0.39, 0.29) is 0 Å². The summed E-state index contributed by atoms with van der Waals surface area (Å²) in [7, 11) is 0. The molecule has 0 aliphatic carbocycles. The molecule has 1 fully saturated rings. The molecule has 1 aliphatic rings. The van der Waals surface area contributed by atoms with Crippen molar-refractivity contribution >= 4 is 0 Å². The van der Waals surface area contributed by atoms with Crippen LogP contribution in [-0.2, 0) is 0 Å². The van der Waals surface area contributed by atoms with Crippen LogP contribution in [0.25, 0.3) is 0 Å². The molecule has 1 aliphatic heterocycles. The van der Waals surface area contributed by atoms with Crippen molar-refractivity contribution < 1.29 is 0 Å². The Hall–Kier alpha value is -0.560. The van der Waals surface area contributed by atoms with Gasteiger partial charge < -0.3 is 5.32 Å². The van der Waals surface area contributed by atoms with Crippen LogP contribution < -0.4 is 5.32 Å². The summed E-state index contributed by atoms with van der Waals surface area (Å²) in [5.74, 6) is 0. The van der Waals surface area contributed by atoms with Gasteiger partial charge in [0.2, 0.25) is 0 Å². The highest BCUT2D eigenvalue weighted by molar-refractivity contribution is 4.97. The maximum absolute atomic E-state index is 3.76. The molecule has 1 heteroatoms. The second-order valence-electron chi connectivity index (χ2n) is 2.78. The van der Waals surface area contributed by atoms with Crippen LogP contribution in [0, 0.1) is 0 Å². The third-order valence-corrected chi connectivity index (χ3v) is 2.03. The van der Waals surface area contributed by atoms with Gasteiger partial charge in [-0.25, -0.2) is 0 Å². The van der Waals surface area contributed by atoms with Gasteiger partial charge in [-0.15, -0.1) is 13.2 Å². The first-order chi connectivity index (χ1) is 4.86. The standard InChI is InChI=1S/C9H15N/c1-3-8-6-5-7-9(4-2)10-8/h3-4,8-10H,1-2,5-7H2. The van der Waals surface area contributed by atoms with Crippen LogP contribution in [-0.4, -0.2) is 12.1 Å². The molecular formula is C9H15N. The SMILES string of the molecule is C=CC1CCCC(C=C)N1. The highest BCUT2D eigenvalue weighted by Crippen LogP contribution is 2.13. The van der Waals surface area contributed by atoms with E-state index in [2.05, 4.69) is 18.5 Å². The predicted molar refractivity (Wildman–Crippen MR) is 45.0 cm³/mol. The zero-order valence-corrected chi connectivity index (χ0v) is 6.34. The van der Waals surface area contributed by atoms with E-state index in [1.54, 1.807) is 0 Å². The fraction of sp³-hybridized carbons (Fsp3) is 0.556. The van der Waals surface area contributed by atoms with Crippen molar-refractivity contribution in [3.63, 3.8) is 0 Å². The van der Waals surface area contributed by atoms with E-state index in [1.807, 2.05) is 12.2 Å². The lowest BCUT2D eigenvalue weighted by Gasteiger charge is -2.26. The van der Waals surface area contributed by atoms with Crippen molar-refractivity contribution in [1.82, 2.24) is 5.32 Å². The Balaban J connectivity index is 2.38. The van der Waals surface area contributed by atoms with Gasteiger partial charge in [0, 0.05) is 12.1 Å². The number of hydrogen-bond donors (Lipinski definition) is 1. The van der Waals surface area contributed by atoms with E-state index < -0.39 is 0 Å². The van der Waals surface area contributed by atoms with Crippen LogP contribution >= 0.6 is 0 Å². The molecule has 1 saturated heterocycles. The summed E-state index contributed by atoms with van der Waals surface area (Å²) >= 11 is 0. The van der Waals surface area contributed by atoms with Crippen LogP contribution in [0.2, 0.25) is 0 Å². The molecule has 0 aromatic rings. The van der Waals surface area contributed by atoms with Crippen LogP contribution in [0.15, 0.2) is 25.3 Å². The van der Waals surface area contributed by atoms with Gasteiger partial charge in [0.15, 0.2) is 0 Å². The fourth-order valence-corrected chi connectivity index (χ4v) is 1.37. The second-order valence-corrected chi connectivity index (χ2v) is 2.78. The third kappa shape index (κ3) is 1.71. The minimum Gasteiger partial charge on any atom is -0.304 e. The first kappa shape index (κ1) is 7.55. The van der Waals surface area contributed by atoms with Gasteiger partial charge in [-0.3, -0.25) is 0 Å². The molecule has 0 radical (unpaired) electrons. The van der Waals surface area contributed by atoms with E-state index in [0.717, 1.165) is 0 Å². The van der Waals surface area contributed by atoms with Crippen molar-refractivity contribution in [2.45, 2.75) is 31.3 Å². The zero-order valence-electron chi connectivity index (χ0n) is 6.34. The van der Waals surface area contributed by atoms with E-state index >= 15 is 0 Å². The van der Waals surface area contributed by atoms with Crippen molar-refractivity contribution in [2.75, 3.05) is 0 Å². The molecule has 2 unspecified atom stereocenters. The van der Waals surface area contributed by atoms with Crippen molar-refractivity contribution in [3.05, 3.63) is 25.3 Å². The Morgan fingerprint density at radius 2 is 1.60 bits per heavy atom. The van der Waals surface area contributed by atoms with Gasteiger partial charge >= 0.3 is 0 Å². The van der Waals surface area contributed by atoms with Gasteiger partial charge in [0.25, 0.3) is 0 Å². The Kier molecular flexibility index (Phi) is 2.69. The first-order valence-electron chi connectivity index (χ1n) is 3.88. The molecule has 0 aromatic carbocycles. The molecule has 0 bridgehead atoms. The molecule has 2 atom stereocenters. The van der Waals surface area contributed by atoms with Crippen molar-refractivity contribution in [3.8, 4) is 0 Å². The summed E-state index contributed by atoms with van der Waals surface area (Å²) in [6.45, 7) is 7.51. The van der Waals surface area contributed by atoms with E-state index in [0.29, 0.717) is 12.1 Å². The summed E-state index contributed by atoms with van der Waals surface area (Å²) in [6, 6.07) is 1.02. The molecule has 1 heterocycles. The quantitative estimate of drug-likeness (QED) is 0.573. The lowest BCUT2D eigenvalue weighted by atomic mass is 9.99. The Bertz CT molecular complexity index is 115. The molecule has 1 rings (SSSR count). The van der Waals surface area contributed by atoms with Crippen LogP contribution in [0.3, 0.4) is 0 Å². The zero-order chi connectivity index (χ0) is 7.40. The van der Waals surface area contributed by atoms with E-state index in [1.165, 1.54) is 19.3 Å². The molecule has 1 N–H and O–H groups in total. The van der Waals surface area contributed by atoms with Crippen molar-refractivity contribution in [2.24, 2.45) is 0 Å². The molecule has 10 heavy (non-hydrogen) atoms. The van der Waals surface area contributed by atoms with Gasteiger partial charge in [-0.2, -0.15) is 0 Å². The Morgan fingerprint density at radius 1 is 1.10 bits per heavy atom. The maximum atomic E-state index is 3.76. The fourth-order valence-electron chi connectivity index (χ4n) is 1.37. The normalized spacial score (nSPS) is 33.2. The predicted octanol–water partition coefficient (Wildman–Crippen LogP) is 1.87. The monoisotopic (exact) mass is 137 g/mol. The molecule has 56 valence electrons. The minimum absolute atomic E-state index is 0.511. The van der Waals surface area contributed by atoms with Gasteiger partial charge in [0.05, 0.1) is 0 Å².